The van der Waals surface area contributed by atoms with Crippen molar-refractivity contribution in [3.8, 4) is 0 Å². The molecule has 0 aliphatic rings. The quantitative estimate of drug-likeness (QED) is 0.749. The van der Waals surface area contributed by atoms with Gasteiger partial charge in [-0.3, -0.25) is 0 Å². The molecule has 1 aromatic rings. The van der Waals surface area contributed by atoms with Gasteiger partial charge in [0.05, 0.1) is 0 Å². The smallest absolute Gasteiger partial charge is 0.340 e. The molecule has 0 atom stereocenters. The van der Waals surface area contributed by atoms with Crippen molar-refractivity contribution < 1.29 is 13.2 Å². The van der Waals surface area contributed by atoms with Crippen molar-refractivity contribution in [3.05, 3.63) is 18.0 Å². The van der Waals surface area contributed by atoms with E-state index in [1.807, 2.05) is 6.92 Å². The Balaban J connectivity index is 2.90. The standard InChI is InChI=1S/C11H15BrF3N3/c1-2-3-7-18(8-5-12)10-16-6-4-9(17-10)11(13,14)15/h4,6H,2-3,5,7-8H2,1H3. The zero-order valence-electron chi connectivity index (χ0n) is 10.0. The number of rotatable bonds is 6. The molecule has 1 heterocycles. The summed E-state index contributed by atoms with van der Waals surface area (Å²) in [5.41, 5.74) is -0.899. The Bertz CT molecular complexity index is 371. The van der Waals surface area contributed by atoms with E-state index in [0.29, 0.717) is 18.4 Å². The second-order valence-corrected chi connectivity index (χ2v) is 4.56. The summed E-state index contributed by atoms with van der Waals surface area (Å²) in [6, 6.07) is 0.885. The molecule has 3 nitrogen and oxygen atoms in total. The number of halogens is 4. The summed E-state index contributed by atoms with van der Waals surface area (Å²) in [7, 11) is 0. The lowest BCUT2D eigenvalue weighted by atomic mass is 10.3. The minimum Gasteiger partial charge on any atom is -0.340 e. The maximum atomic E-state index is 12.6. The van der Waals surface area contributed by atoms with Crippen molar-refractivity contribution in [2.45, 2.75) is 25.9 Å². The topological polar surface area (TPSA) is 29.0 Å². The molecule has 0 aliphatic carbocycles. The van der Waals surface area contributed by atoms with Gasteiger partial charge >= 0.3 is 6.18 Å². The van der Waals surface area contributed by atoms with Crippen molar-refractivity contribution in [1.29, 1.82) is 0 Å². The maximum Gasteiger partial charge on any atom is 0.433 e. The van der Waals surface area contributed by atoms with Gasteiger partial charge in [0.25, 0.3) is 0 Å². The molecular weight excluding hydrogens is 311 g/mol. The second-order valence-electron chi connectivity index (χ2n) is 3.77. The average molecular weight is 326 g/mol. The SMILES string of the molecule is CCCCN(CCBr)c1nccc(C(F)(F)F)n1. The minimum atomic E-state index is -4.43. The van der Waals surface area contributed by atoms with E-state index < -0.39 is 11.9 Å². The molecule has 1 rings (SSSR count). The number of unbranched alkanes of at least 4 members (excludes halogenated alkanes) is 1. The molecule has 0 saturated carbocycles. The molecule has 0 N–H and O–H groups in total. The molecule has 0 aromatic carbocycles. The van der Waals surface area contributed by atoms with Gasteiger partial charge in [-0.1, -0.05) is 29.3 Å². The third-order valence-corrected chi connectivity index (χ3v) is 2.71. The summed E-state index contributed by atoms with van der Waals surface area (Å²) in [6.07, 6.45) is -1.41. The second kappa shape index (κ2) is 6.92. The monoisotopic (exact) mass is 325 g/mol. The molecule has 1 aromatic heterocycles. The van der Waals surface area contributed by atoms with Crippen molar-refractivity contribution in [2.24, 2.45) is 0 Å². The number of aromatic nitrogens is 2. The van der Waals surface area contributed by atoms with Gasteiger partial charge in [0.1, 0.15) is 5.69 Å². The van der Waals surface area contributed by atoms with E-state index in [4.69, 9.17) is 0 Å². The van der Waals surface area contributed by atoms with Crippen LogP contribution >= 0.6 is 15.9 Å². The Morgan fingerprint density at radius 1 is 1.33 bits per heavy atom. The molecule has 0 unspecified atom stereocenters. The first-order valence-corrected chi connectivity index (χ1v) is 6.82. The van der Waals surface area contributed by atoms with Gasteiger partial charge in [-0.2, -0.15) is 13.2 Å². The highest BCUT2D eigenvalue weighted by Crippen LogP contribution is 2.28. The molecule has 0 amide bonds. The minimum absolute atomic E-state index is 0.137. The van der Waals surface area contributed by atoms with Crippen LogP contribution in [0, 0.1) is 0 Å². The summed E-state index contributed by atoms with van der Waals surface area (Å²) < 4.78 is 37.7. The van der Waals surface area contributed by atoms with Gasteiger partial charge in [-0.25, -0.2) is 9.97 Å². The molecule has 0 radical (unpaired) electrons. The van der Waals surface area contributed by atoms with Crippen molar-refractivity contribution in [1.82, 2.24) is 9.97 Å². The molecule has 0 bridgehead atoms. The molecule has 0 spiro atoms. The van der Waals surface area contributed by atoms with Crippen LogP contribution in [-0.2, 0) is 6.18 Å². The fraction of sp³-hybridized carbons (Fsp3) is 0.636. The average Bonchev–Trinajstić information content (AvgIpc) is 2.33. The Hall–Kier alpha value is -0.850. The number of alkyl halides is 4. The number of hydrogen-bond acceptors (Lipinski definition) is 3. The van der Waals surface area contributed by atoms with Crippen LogP contribution in [-0.4, -0.2) is 28.4 Å². The predicted octanol–water partition coefficient (Wildman–Crippen LogP) is 3.50. The van der Waals surface area contributed by atoms with Crippen molar-refractivity contribution in [3.63, 3.8) is 0 Å². The Morgan fingerprint density at radius 3 is 2.61 bits per heavy atom. The largest absolute Gasteiger partial charge is 0.433 e. The fourth-order valence-corrected chi connectivity index (χ4v) is 1.85. The Labute approximate surface area is 113 Å². The van der Waals surface area contributed by atoms with Crippen LogP contribution in [0.1, 0.15) is 25.5 Å². The van der Waals surface area contributed by atoms with Gasteiger partial charge in [-0.15, -0.1) is 0 Å². The highest BCUT2D eigenvalue weighted by Gasteiger charge is 2.33. The van der Waals surface area contributed by atoms with E-state index >= 15 is 0 Å². The van der Waals surface area contributed by atoms with Crippen LogP contribution in [0.15, 0.2) is 12.3 Å². The molecule has 0 aliphatic heterocycles. The van der Waals surface area contributed by atoms with E-state index in [9.17, 15) is 13.2 Å². The molecule has 7 heteroatoms. The summed E-state index contributed by atoms with van der Waals surface area (Å²) in [4.78, 5) is 9.26. The van der Waals surface area contributed by atoms with E-state index in [1.54, 1.807) is 4.90 Å². The fourth-order valence-electron chi connectivity index (χ4n) is 1.42. The lowest BCUT2D eigenvalue weighted by Gasteiger charge is -2.21. The van der Waals surface area contributed by atoms with Crippen molar-refractivity contribution in [2.75, 3.05) is 23.3 Å². The Kier molecular flexibility index (Phi) is 5.84. The van der Waals surface area contributed by atoms with Crippen molar-refractivity contribution >= 4 is 21.9 Å². The molecular formula is C11H15BrF3N3. The summed E-state index contributed by atoms with van der Waals surface area (Å²) in [5, 5.41) is 0.663. The van der Waals surface area contributed by atoms with Gasteiger partial charge in [0.2, 0.25) is 5.95 Å². The van der Waals surface area contributed by atoms with E-state index in [0.717, 1.165) is 25.1 Å². The lowest BCUT2D eigenvalue weighted by molar-refractivity contribution is -0.141. The zero-order valence-corrected chi connectivity index (χ0v) is 11.6. The number of anilines is 1. The molecule has 102 valence electrons. The van der Waals surface area contributed by atoms with E-state index in [-0.39, 0.29) is 5.95 Å². The highest BCUT2D eigenvalue weighted by atomic mass is 79.9. The third kappa shape index (κ3) is 4.44. The van der Waals surface area contributed by atoms with Crippen LogP contribution in [0.5, 0.6) is 0 Å². The first kappa shape index (κ1) is 15.2. The number of nitrogens with zero attached hydrogens (tertiary/aromatic N) is 3. The first-order chi connectivity index (χ1) is 8.49. The normalized spacial score (nSPS) is 11.6. The molecule has 0 fully saturated rings. The summed E-state index contributed by atoms with van der Waals surface area (Å²) in [6.45, 7) is 3.27. The van der Waals surface area contributed by atoms with Crippen LogP contribution in [0.3, 0.4) is 0 Å². The summed E-state index contributed by atoms with van der Waals surface area (Å²) >= 11 is 3.28. The zero-order chi connectivity index (χ0) is 13.6. The van der Waals surface area contributed by atoms with Gasteiger partial charge in [0, 0.05) is 24.6 Å². The third-order valence-electron chi connectivity index (χ3n) is 2.35. The van der Waals surface area contributed by atoms with Gasteiger partial charge in [0.15, 0.2) is 0 Å². The molecule has 18 heavy (non-hydrogen) atoms. The van der Waals surface area contributed by atoms with E-state index in [1.165, 1.54) is 0 Å². The van der Waals surface area contributed by atoms with Crippen LogP contribution in [0.25, 0.3) is 0 Å². The Morgan fingerprint density at radius 2 is 2.06 bits per heavy atom. The van der Waals surface area contributed by atoms with Crippen LogP contribution in [0.2, 0.25) is 0 Å². The highest BCUT2D eigenvalue weighted by molar-refractivity contribution is 9.09. The molecule has 0 saturated heterocycles. The van der Waals surface area contributed by atoms with Gasteiger partial charge < -0.3 is 4.90 Å². The maximum absolute atomic E-state index is 12.6. The number of hydrogen-bond donors (Lipinski definition) is 0. The van der Waals surface area contributed by atoms with Crippen LogP contribution < -0.4 is 4.90 Å². The lowest BCUT2D eigenvalue weighted by Crippen LogP contribution is -2.29. The first-order valence-electron chi connectivity index (χ1n) is 5.70. The van der Waals surface area contributed by atoms with Gasteiger partial charge in [-0.05, 0) is 12.5 Å². The van der Waals surface area contributed by atoms with E-state index in [2.05, 4.69) is 25.9 Å². The summed E-state index contributed by atoms with van der Waals surface area (Å²) in [5.74, 6) is 0.137. The predicted molar refractivity (Wildman–Crippen MR) is 67.9 cm³/mol. The van der Waals surface area contributed by atoms with Crippen LogP contribution in [0.4, 0.5) is 19.1 Å².